The van der Waals surface area contributed by atoms with Crippen LogP contribution >= 0.6 is 0 Å². The molecule has 0 aliphatic carbocycles. The van der Waals surface area contributed by atoms with Gasteiger partial charge in [-0.1, -0.05) is 12.1 Å². The van der Waals surface area contributed by atoms with Crippen LogP contribution in [0.2, 0.25) is 0 Å². The molecule has 1 aromatic heterocycles. The van der Waals surface area contributed by atoms with Gasteiger partial charge in [0.1, 0.15) is 11.6 Å². The topological polar surface area (TPSA) is 75.4 Å². The SMILES string of the molecule is O=C(CCc1ncc(-c2c(F)cccc2F)o1)Nc1cccc(N2CCCCC2=O)c1. The van der Waals surface area contributed by atoms with Crippen LogP contribution in [0.25, 0.3) is 11.3 Å². The Labute approximate surface area is 177 Å². The zero-order chi connectivity index (χ0) is 21.8. The summed E-state index contributed by atoms with van der Waals surface area (Å²) in [6.45, 7) is 0.672. The van der Waals surface area contributed by atoms with Crippen molar-refractivity contribution in [3.63, 3.8) is 0 Å². The van der Waals surface area contributed by atoms with E-state index in [0.717, 1.165) is 30.7 Å². The normalized spacial score (nSPS) is 14.0. The number of rotatable bonds is 6. The van der Waals surface area contributed by atoms with E-state index in [9.17, 15) is 18.4 Å². The number of aryl methyl sites for hydroxylation is 1. The minimum Gasteiger partial charge on any atom is -0.441 e. The zero-order valence-corrected chi connectivity index (χ0v) is 16.7. The number of piperidine rings is 1. The van der Waals surface area contributed by atoms with E-state index in [1.807, 2.05) is 6.07 Å². The van der Waals surface area contributed by atoms with E-state index >= 15 is 0 Å². The van der Waals surface area contributed by atoms with Gasteiger partial charge in [-0.3, -0.25) is 9.59 Å². The van der Waals surface area contributed by atoms with Crippen molar-refractivity contribution < 1.29 is 22.8 Å². The number of carbonyl (C=O) groups is 2. The molecule has 160 valence electrons. The summed E-state index contributed by atoms with van der Waals surface area (Å²) in [4.78, 5) is 30.2. The first-order chi connectivity index (χ1) is 15.0. The maximum atomic E-state index is 13.9. The molecule has 0 spiro atoms. The molecule has 1 aliphatic heterocycles. The minimum absolute atomic E-state index is 0.0232. The molecule has 3 aromatic rings. The number of amides is 2. The molecule has 1 fully saturated rings. The van der Waals surface area contributed by atoms with E-state index in [1.54, 1.807) is 23.1 Å². The fraction of sp³-hybridized carbons (Fsp3) is 0.261. The smallest absolute Gasteiger partial charge is 0.226 e. The summed E-state index contributed by atoms with van der Waals surface area (Å²) in [7, 11) is 0. The second-order valence-corrected chi connectivity index (χ2v) is 7.32. The van der Waals surface area contributed by atoms with Crippen molar-refractivity contribution in [1.82, 2.24) is 4.98 Å². The second kappa shape index (κ2) is 9.07. The van der Waals surface area contributed by atoms with E-state index < -0.39 is 11.6 Å². The fourth-order valence-corrected chi connectivity index (χ4v) is 3.55. The number of aromatic nitrogens is 1. The summed E-state index contributed by atoms with van der Waals surface area (Å²) in [5, 5.41) is 2.80. The van der Waals surface area contributed by atoms with Crippen molar-refractivity contribution in [2.24, 2.45) is 0 Å². The number of nitrogens with zero attached hydrogens (tertiary/aromatic N) is 2. The van der Waals surface area contributed by atoms with Crippen LogP contribution in [0.5, 0.6) is 0 Å². The van der Waals surface area contributed by atoms with Crippen LogP contribution < -0.4 is 10.2 Å². The average Bonchev–Trinajstić information content (AvgIpc) is 3.21. The van der Waals surface area contributed by atoms with E-state index in [-0.39, 0.29) is 41.9 Å². The Bertz CT molecular complexity index is 1090. The summed E-state index contributed by atoms with van der Waals surface area (Å²) < 4.78 is 33.2. The molecule has 0 bridgehead atoms. The Morgan fingerprint density at radius 3 is 2.68 bits per heavy atom. The van der Waals surface area contributed by atoms with E-state index in [2.05, 4.69) is 10.3 Å². The highest BCUT2D eigenvalue weighted by molar-refractivity contribution is 5.96. The van der Waals surface area contributed by atoms with Crippen LogP contribution in [0.1, 0.15) is 31.6 Å². The van der Waals surface area contributed by atoms with Crippen LogP contribution in [0.3, 0.4) is 0 Å². The number of benzene rings is 2. The number of hydrogen-bond acceptors (Lipinski definition) is 4. The third-order valence-electron chi connectivity index (χ3n) is 5.09. The highest BCUT2D eigenvalue weighted by atomic mass is 19.1. The molecule has 1 aliphatic rings. The molecule has 0 saturated carbocycles. The molecule has 8 heteroatoms. The van der Waals surface area contributed by atoms with Crippen LogP contribution in [0.4, 0.5) is 20.2 Å². The Morgan fingerprint density at radius 2 is 1.90 bits per heavy atom. The maximum Gasteiger partial charge on any atom is 0.226 e. The maximum absolute atomic E-state index is 13.9. The lowest BCUT2D eigenvalue weighted by Crippen LogP contribution is -2.35. The van der Waals surface area contributed by atoms with Crippen LogP contribution in [0.15, 0.2) is 53.1 Å². The molecule has 0 atom stereocenters. The van der Waals surface area contributed by atoms with Gasteiger partial charge >= 0.3 is 0 Å². The van der Waals surface area contributed by atoms with E-state index in [4.69, 9.17) is 4.42 Å². The third-order valence-corrected chi connectivity index (χ3v) is 5.09. The quantitative estimate of drug-likeness (QED) is 0.621. The molecule has 0 radical (unpaired) electrons. The predicted octanol–water partition coefficient (Wildman–Crippen LogP) is 4.71. The van der Waals surface area contributed by atoms with Gasteiger partial charge in [-0.15, -0.1) is 0 Å². The molecule has 1 N–H and O–H groups in total. The van der Waals surface area contributed by atoms with Gasteiger partial charge in [0.05, 0.1) is 11.8 Å². The van der Waals surface area contributed by atoms with E-state index in [1.165, 1.54) is 12.3 Å². The van der Waals surface area contributed by atoms with Gasteiger partial charge in [0.15, 0.2) is 11.7 Å². The van der Waals surface area contributed by atoms with Crippen molar-refractivity contribution in [3.8, 4) is 11.3 Å². The Balaban J connectivity index is 1.37. The van der Waals surface area contributed by atoms with Crippen LogP contribution in [-0.2, 0) is 16.0 Å². The lowest BCUT2D eigenvalue weighted by molar-refractivity contribution is -0.119. The first kappa shape index (κ1) is 20.7. The molecule has 1 saturated heterocycles. The molecule has 2 heterocycles. The molecule has 0 unspecified atom stereocenters. The number of oxazole rings is 1. The van der Waals surface area contributed by atoms with Gasteiger partial charge in [0.25, 0.3) is 0 Å². The number of anilines is 2. The van der Waals surface area contributed by atoms with Crippen molar-refractivity contribution in [2.75, 3.05) is 16.8 Å². The molecule has 31 heavy (non-hydrogen) atoms. The summed E-state index contributed by atoms with van der Waals surface area (Å²) in [5.74, 6) is -1.48. The first-order valence-electron chi connectivity index (χ1n) is 10.1. The summed E-state index contributed by atoms with van der Waals surface area (Å²) >= 11 is 0. The number of carbonyl (C=O) groups excluding carboxylic acids is 2. The lowest BCUT2D eigenvalue weighted by Gasteiger charge is -2.27. The molecule has 6 nitrogen and oxygen atoms in total. The minimum atomic E-state index is -0.743. The number of hydrogen-bond donors (Lipinski definition) is 1. The summed E-state index contributed by atoms with van der Waals surface area (Å²) in [6.07, 6.45) is 3.88. The van der Waals surface area contributed by atoms with Gasteiger partial charge in [-0.25, -0.2) is 13.8 Å². The Kier molecular flexibility index (Phi) is 6.06. The van der Waals surface area contributed by atoms with Gasteiger partial charge in [0.2, 0.25) is 11.8 Å². The first-order valence-corrected chi connectivity index (χ1v) is 10.1. The average molecular weight is 425 g/mol. The Morgan fingerprint density at radius 1 is 1.13 bits per heavy atom. The van der Waals surface area contributed by atoms with Crippen molar-refractivity contribution >= 4 is 23.2 Å². The fourth-order valence-electron chi connectivity index (χ4n) is 3.55. The van der Waals surface area contributed by atoms with Crippen LogP contribution in [-0.4, -0.2) is 23.3 Å². The summed E-state index contributed by atoms with van der Waals surface area (Å²) in [5.41, 5.74) is 1.06. The van der Waals surface area contributed by atoms with Gasteiger partial charge in [-0.05, 0) is 43.2 Å². The molecule has 4 rings (SSSR count). The van der Waals surface area contributed by atoms with Crippen molar-refractivity contribution in [3.05, 3.63) is 66.2 Å². The summed E-state index contributed by atoms with van der Waals surface area (Å²) in [6, 6.07) is 10.7. The van der Waals surface area contributed by atoms with Crippen molar-refractivity contribution in [1.29, 1.82) is 0 Å². The number of halogens is 2. The molecular weight excluding hydrogens is 404 g/mol. The van der Waals surface area contributed by atoms with Crippen LogP contribution in [0, 0.1) is 11.6 Å². The predicted molar refractivity (Wildman–Crippen MR) is 111 cm³/mol. The third kappa shape index (κ3) is 4.79. The van der Waals surface area contributed by atoms with Crippen molar-refractivity contribution in [2.45, 2.75) is 32.1 Å². The standard InChI is InChI=1S/C23H21F2N3O3/c24-17-7-4-8-18(25)23(17)19-14-26-21(31-19)11-10-20(29)27-15-5-3-6-16(13-15)28-12-2-1-9-22(28)30/h3-8,13-14H,1-2,9-12H2,(H,27,29). The van der Waals surface area contributed by atoms with Gasteiger partial charge in [0, 0.05) is 37.2 Å². The number of nitrogens with one attached hydrogen (secondary N) is 1. The molecule has 2 amide bonds. The van der Waals surface area contributed by atoms with Gasteiger partial charge < -0.3 is 14.6 Å². The van der Waals surface area contributed by atoms with E-state index in [0.29, 0.717) is 18.7 Å². The molecular formula is C23H21F2N3O3. The second-order valence-electron chi connectivity index (χ2n) is 7.32. The van der Waals surface area contributed by atoms with Gasteiger partial charge in [-0.2, -0.15) is 0 Å². The highest BCUT2D eigenvalue weighted by Gasteiger charge is 2.20. The largest absolute Gasteiger partial charge is 0.441 e. The monoisotopic (exact) mass is 425 g/mol. The Hall–Kier alpha value is -3.55. The lowest BCUT2D eigenvalue weighted by atomic mass is 10.1. The zero-order valence-electron chi connectivity index (χ0n) is 16.7. The highest BCUT2D eigenvalue weighted by Crippen LogP contribution is 2.27. The molecule has 2 aromatic carbocycles.